The maximum Gasteiger partial charge on any atom is 0.123 e. The second kappa shape index (κ2) is 4.17. The van der Waals surface area contributed by atoms with Crippen molar-refractivity contribution in [3.8, 4) is 11.5 Å². The third-order valence-corrected chi connectivity index (χ3v) is 1.89. The van der Waals surface area contributed by atoms with E-state index >= 15 is 0 Å². The van der Waals surface area contributed by atoms with Gasteiger partial charge >= 0.3 is 0 Å². The summed E-state index contributed by atoms with van der Waals surface area (Å²) in [6, 6.07) is 5.37. The van der Waals surface area contributed by atoms with E-state index in [1.54, 1.807) is 12.1 Å². The van der Waals surface area contributed by atoms with Gasteiger partial charge in [-0.15, -0.1) is 0 Å². The van der Waals surface area contributed by atoms with E-state index in [4.69, 9.17) is 4.74 Å². The maximum absolute atomic E-state index is 9.39. The number of benzene rings is 1. The van der Waals surface area contributed by atoms with Gasteiger partial charge in [0.2, 0.25) is 0 Å². The molecule has 0 spiro atoms. The first-order chi connectivity index (χ1) is 6.13. The Labute approximate surface area is 79.2 Å². The lowest BCUT2D eigenvalue weighted by Gasteiger charge is -2.09. The SMILES string of the molecule is CCOc1cc(O)cc(C(C)C)c1. The van der Waals surface area contributed by atoms with Crippen LogP contribution < -0.4 is 4.74 Å². The number of phenolic OH excluding ortho intramolecular Hbond substituents is 1. The van der Waals surface area contributed by atoms with E-state index in [-0.39, 0.29) is 5.75 Å². The number of phenols is 1. The van der Waals surface area contributed by atoms with Crippen LogP contribution in [0.2, 0.25) is 0 Å². The molecule has 1 rings (SSSR count). The first-order valence-corrected chi connectivity index (χ1v) is 4.60. The average molecular weight is 180 g/mol. The summed E-state index contributed by atoms with van der Waals surface area (Å²) >= 11 is 0. The minimum atomic E-state index is 0.273. The summed E-state index contributed by atoms with van der Waals surface area (Å²) in [4.78, 5) is 0. The van der Waals surface area contributed by atoms with Crippen molar-refractivity contribution in [1.82, 2.24) is 0 Å². The number of aromatic hydroxyl groups is 1. The molecule has 0 aliphatic carbocycles. The highest BCUT2D eigenvalue weighted by Gasteiger charge is 2.03. The molecule has 0 saturated carbocycles. The Kier molecular flexibility index (Phi) is 3.18. The summed E-state index contributed by atoms with van der Waals surface area (Å²) in [5.74, 6) is 1.42. The summed E-state index contributed by atoms with van der Waals surface area (Å²) in [7, 11) is 0. The Morgan fingerprint density at radius 1 is 1.31 bits per heavy atom. The standard InChI is InChI=1S/C11H16O2/c1-4-13-11-6-9(8(2)3)5-10(12)7-11/h5-8,12H,4H2,1-3H3. The predicted molar refractivity (Wildman–Crippen MR) is 53.4 cm³/mol. The van der Waals surface area contributed by atoms with Gasteiger partial charge in [-0.25, -0.2) is 0 Å². The van der Waals surface area contributed by atoms with Crippen molar-refractivity contribution in [2.24, 2.45) is 0 Å². The molecular weight excluding hydrogens is 164 g/mol. The molecule has 0 unspecified atom stereocenters. The van der Waals surface area contributed by atoms with Crippen molar-refractivity contribution in [3.63, 3.8) is 0 Å². The summed E-state index contributed by atoms with van der Waals surface area (Å²) in [6.45, 7) is 6.73. The molecule has 0 bridgehead atoms. The van der Waals surface area contributed by atoms with E-state index in [0.717, 1.165) is 11.3 Å². The van der Waals surface area contributed by atoms with E-state index < -0.39 is 0 Å². The molecular formula is C11H16O2. The lowest BCUT2D eigenvalue weighted by molar-refractivity contribution is 0.337. The van der Waals surface area contributed by atoms with E-state index in [1.165, 1.54) is 0 Å². The summed E-state index contributed by atoms with van der Waals surface area (Å²) < 4.78 is 5.32. The molecule has 0 atom stereocenters. The molecule has 0 amide bonds. The molecule has 0 aliphatic heterocycles. The van der Waals surface area contributed by atoms with Crippen LogP contribution in [0, 0.1) is 0 Å². The smallest absolute Gasteiger partial charge is 0.123 e. The largest absolute Gasteiger partial charge is 0.508 e. The van der Waals surface area contributed by atoms with Gasteiger partial charge in [-0.2, -0.15) is 0 Å². The zero-order valence-corrected chi connectivity index (χ0v) is 8.37. The van der Waals surface area contributed by atoms with E-state index in [2.05, 4.69) is 13.8 Å². The van der Waals surface area contributed by atoms with Crippen molar-refractivity contribution in [3.05, 3.63) is 23.8 Å². The molecule has 0 fully saturated rings. The van der Waals surface area contributed by atoms with Crippen LogP contribution in [0.25, 0.3) is 0 Å². The molecule has 2 heteroatoms. The summed E-state index contributed by atoms with van der Waals surface area (Å²) in [5.41, 5.74) is 1.10. The fourth-order valence-corrected chi connectivity index (χ4v) is 1.19. The number of ether oxygens (including phenoxy) is 1. The Bertz CT molecular complexity index is 279. The molecule has 1 N–H and O–H groups in total. The van der Waals surface area contributed by atoms with Crippen molar-refractivity contribution in [2.75, 3.05) is 6.61 Å². The zero-order chi connectivity index (χ0) is 9.84. The molecule has 13 heavy (non-hydrogen) atoms. The molecule has 1 aromatic rings. The molecule has 1 aromatic carbocycles. The quantitative estimate of drug-likeness (QED) is 0.775. The highest BCUT2D eigenvalue weighted by Crippen LogP contribution is 2.26. The molecule has 0 aliphatic rings. The molecule has 0 saturated heterocycles. The Hall–Kier alpha value is -1.18. The molecule has 0 heterocycles. The van der Waals surface area contributed by atoms with Crippen molar-refractivity contribution in [1.29, 1.82) is 0 Å². The van der Waals surface area contributed by atoms with E-state index in [0.29, 0.717) is 12.5 Å². The fraction of sp³-hybridized carbons (Fsp3) is 0.455. The minimum absolute atomic E-state index is 0.273. The molecule has 0 aromatic heterocycles. The van der Waals surface area contributed by atoms with Gasteiger partial charge < -0.3 is 9.84 Å². The highest BCUT2D eigenvalue weighted by atomic mass is 16.5. The highest BCUT2D eigenvalue weighted by molar-refractivity contribution is 5.38. The van der Waals surface area contributed by atoms with Crippen LogP contribution >= 0.6 is 0 Å². The summed E-state index contributed by atoms with van der Waals surface area (Å²) in [5, 5.41) is 9.39. The normalized spacial score (nSPS) is 10.5. The van der Waals surface area contributed by atoms with E-state index in [9.17, 15) is 5.11 Å². The Morgan fingerprint density at radius 3 is 2.54 bits per heavy atom. The van der Waals surface area contributed by atoms with Crippen LogP contribution in [0.15, 0.2) is 18.2 Å². The fourth-order valence-electron chi connectivity index (χ4n) is 1.19. The van der Waals surface area contributed by atoms with Gasteiger partial charge in [-0.3, -0.25) is 0 Å². The monoisotopic (exact) mass is 180 g/mol. The van der Waals surface area contributed by atoms with Gasteiger partial charge in [0.05, 0.1) is 6.61 Å². The molecule has 0 radical (unpaired) electrons. The number of hydrogen-bond donors (Lipinski definition) is 1. The van der Waals surface area contributed by atoms with Crippen LogP contribution in [0.5, 0.6) is 11.5 Å². The Balaban J connectivity index is 2.96. The first-order valence-electron chi connectivity index (χ1n) is 4.60. The second-order valence-electron chi connectivity index (χ2n) is 3.35. The summed E-state index contributed by atoms with van der Waals surface area (Å²) in [6.07, 6.45) is 0. The first kappa shape index (κ1) is 9.90. The van der Waals surface area contributed by atoms with Gasteiger partial charge in [-0.1, -0.05) is 13.8 Å². The molecule has 72 valence electrons. The van der Waals surface area contributed by atoms with Gasteiger partial charge in [0.25, 0.3) is 0 Å². The van der Waals surface area contributed by atoms with E-state index in [1.807, 2.05) is 13.0 Å². The van der Waals surface area contributed by atoms with Gasteiger partial charge in [0, 0.05) is 6.07 Å². The Morgan fingerprint density at radius 2 is 2.00 bits per heavy atom. The average Bonchev–Trinajstić information content (AvgIpc) is 2.03. The topological polar surface area (TPSA) is 29.5 Å². The third-order valence-electron chi connectivity index (χ3n) is 1.89. The van der Waals surface area contributed by atoms with Crippen LogP contribution in [0.4, 0.5) is 0 Å². The van der Waals surface area contributed by atoms with Crippen LogP contribution in [0.3, 0.4) is 0 Å². The lowest BCUT2D eigenvalue weighted by atomic mass is 10.0. The third kappa shape index (κ3) is 2.65. The second-order valence-corrected chi connectivity index (χ2v) is 3.35. The van der Waals surface area contributed by atoms with Gasteiger partial charge in [-0.05, 0) is 30.5 Å². The number of hydrogen-bond acceptors (Lipinski definition) is 2. The minimum Gasteiger partial charge on any atom is -0.508 e. The van der Waals surface area contributed by atoms with Crippen LogP contribution in [0.1, 0.15) is 32.3 Å². The zero-order valence-electron chi connectivity index (χ0n) is 8.37. The van der Waals surface area contributed by atoms with Gasteiger partial charge in [0.1, 0.15) is 11.5 Å². The van der Waals surface area contributed by atoms with Gasteiger partial charge in [0.15, 0.2) is 0 Å². The van der Waals surface area contributed by atoms with Crippen molar-refractivity contribution >= 4 is 0 Å². The number of rotatable bonds is 3. The predicted octanol–water partition coefficient (Wildman–Crippen LogP) is 2.91. The molecule has 2 nitrogen and oxygen atoms in total. The van der Waals surface area contributed by atoms with Crippen molar-refractivity contribution < 1.29 is 9.84 Å². The van der Waals surface area contributed by atoms with Crippen molar-refractivity contribution in [2.45, 2.75) is 26.7 Å². The van der Waals surface area contributed by atoms with Crippen LogP contribution in [-0.2, 0) is 0 Å². The van der Waals surface area contributed by atoms with Crippen LogP contribution in [-0.4, -0.2) is 11.7 Å². The lowest BCUT2D eigenvalue weighted by Crippen LogP contribution is -1.93. The maximum atomic E-state index is 9.39.